The van der Waals surface area contributed by atoms with Crippen molar-refractivity contribution in [1.29, 1.82) is 0 Å². The minimum absolute atomic E-state index is 0.0126. The summed E-state index contributed by atoms with van der Waals surface area (Å²) in [5.74, 6) is -2.23. The van der Waals surface area contributed by atoms with Crippen molar-refractivity contribution >= 4 is 17.8 Å². The number of aryl methyl sites for hydroxylation is 1. The molecule has 1 aromatic heterocycles. The number of hydroxylamine groups is 1. The molecular formula is C22H27NO9. The van der Waals surface area contributed by atoms with Gasteiger partial charge >= 0.3 is 17.8 Å². The maximum absolute atomic E-state index is 12.3. The number of hydrogen-bond donors (Lipinski definition) is 1. The largest absolute Gasteiger partial charge is 0.519 e. The fourth-order valence-corrected chi connectivity index (χ4v) is 2.88. The molecule has 0 bridgehead atoms. The summed E-state index contributed by atoms with van der Waals surface area (Å²) < 4.78 is 19.5. The van der Waals surface area contributed by atoms with E-state index >= 15 is 0 Å². The number of rotatable bonds is 12. The van der Waals surface area contributed by atoms with E-state index in [2.05, 4.69) is 5.48 Å². The molecule has 0 aliphatic heterocycles. The van der Waals surface area contributed by atoms with Crippen LogP contribution in [0.2, 0.25) is 0 Å². The van der Waals surface area contributed by atoms with Crippen molar-refractivity contribution in [2.75, 3.05) is 13.2 Å². The summed E-state index contributed by atoms with van der Waals surface area (Å²) in [6.45, 7) is 5.31. The molecule has 1 heterocycles. The zero-order valence-corrected chi connectivity index (χ0v) is 18.3. The van der Waals surface area contributed by atoms with Gasteiger partial charge in [0.1, 0.15) is 12.4 Å². The first-order valence-corrected chi connectivity index (χ1v) is 10.3. The van der Waals surface area contributed by atoms with Gasteiger partial charge in [-0.05, 0) is 51.3 Å². The van der Waals surface area contributed by atoms with Crippen LogP contribution in [0.5, 0.6) is 0 Å². The zero-order valence-electron chi connectivity index (χ0n) is 18.3. The van der Waals surface area contributed by atoms with E-state index in [1.165, 1.54) is 6.92 Å². The molecule has 2 aromatic rings. The highest BCUT2D eigenvalue weighted by Crippen LogP contribution is 2.18. The Labute approximate surface area is 184 Å². The van der Waals surface area contributed by atoms with E-state index in [1.807, 2.05) is 0 Å². The van der Waals surface area contributed by atoms with Gasteiger partial charge in [-0.25, -0.2) is 15.1 Å². The fourth-order valence-electron chi connectivity index (χ4n) is 2.88. The van der Waals surface area contributed by atoms with Crippen molar-refractivity contribution in [3.8, 4) is 0 Å². The Kier molecular flexibility index (Phi) is 9.68. The molecule has 0 radical (unpaired) electrons. The highest BCUT2D eigenvalue weighted by atomic mass is 16.7. The summed E-state index contributed by atoms with van der Waals surface area (Å²) >= 11 is 0. The first-order valence-electron chi connectivity index (χ1n) is 10.3. The maximum atomic E-state index is 12.3. The Balaban J connectivity index is 1.89. The molecule has 0 saturated heterocycles. The molecule has 10 nitrogen and oxygen atoms in total. The number of amides is 1. The number of esters is 2. The predicted octanol–water partition coefficient (Wildman–Crippen LogP) is 2.47. The maximum Gasteiger partial charge on any atom is 0.519 e. The topological polar surface area (TPSA) is 134 Å². The van der Waals surface area contributed by atoms with Crippen molar-refractivity contribution in [3.63, 3.8) is 0 Å². The van der Waals surface area contributed by atoms with Crippen LogP contribution in [0.15, 0.2) is 37.9 Å². The normalized spacial score (nSPS) is 11.6. The third kappa shape index (κ3) is 7.69. The lowest BCUT2D eigenvalue weighted by Gasteiger charge is -2.16. The SMILES string of the molecule is CCOC(=O)c1ccc(CC(CCC(=O)NOCc2oc(=O)oc2C)C(=O)OCC)cc1. The molecule has 2 rings (SSSR count). The van der Waals surface area contributed by atoms with E-state index in [-0.39, 0.29) is 44.2 Å². The zero-order chi connectivity index (χ0) is 23.5. The Hall–Kier alpha value is -3.40. The Bertz CT molecular complexity index is 959. The van der Waals surface area contributed by atoms with Crippen LogP contribution in [-0.2, 0) is 36.9 Å². The second kappa shape index (κ2) is 12.5. The summed E-state index contributed by atoms with van der Waals surface area (Å²) in [5, 5.41) is 0. The van der Waals surface area contributed by atoms with Crippen molar-refractivity contribution in [2.45, 2.75) is 46.6 Å². The van der Waals surface area contributed by atoms with Gasteiger partial charge in [0, 0.05) is 6.42 Å². The summed E-state index contributed by atoms with van der Waals surface area (Å²) in [4.78, 5) is 52.2. The van der Waals surface area contributed by atoms with Gasteiger partial charge in [0.15, 0.2) is 5.76 Å². The summed E-state index contributed by atoms with van der Waals surface area (Å²) in [6.07, 6.45) is 0.585. The minimum atomic E-state index is -0.847. The van der Waals surface area contributed by atoms with Crippen LogP contribution in [0.25, 0.3) is 0 Å². The monoisotopic (exact) mass is 449 g/mol. The van der Waals surface area contributed by atoms with Crippen molar-refractivity contribution in [3.05, 3.63) is 57.5 Å². The van der Waals surface area contributed by atoms with Crippen LogP contribution in [0.4, 0.5) is 0 Å². The number of carbonyl (C=O) groups excluding carboxylic acids is 3. The lowest BCUT2D eigenvalue weighted by molar-refractivity contribution is -0.148. The van der Waals surface area contributed by atoms with E-state index in [0.717, 1.165) is 5.56 Å². The van der Waals surface area contributed by atoms with E-state index in [0.29, 0.717) is 12.0 Å². The smallest absolute Gasteiger partial charge is 0.466 e. The fraction of sp³-hybridized carbons (Fsp3) is 0.455. The highest BCUT2D eigenvalue weighted by molar-refractivity contribution is 5.89. The standard InChI is InChI=1S/C22H27NO9/c1-4-28-20(25)16-8-6-15(7-9-16)12-17(21(26)29-5-2)10-11-19(24)23-30-13-18-14(3)31-22(27)32-18/h6-9,17H,4-5,10-13H2,1-3H3,(H,23,24). The Morgan fingerprint density at radius 2 is 1.72 bits per heavy atom. The third-order valence-corrected chi connectivity index (χ3v) is 4.51. The molecule has 0 aliphatic carbocycles. The summed E-state index contributed by atoms with van der Waals surface area (Å²) in [6, 6.07) is 6.74. The summed E-state index contributed by atoms with van der Waals surface area (Å²) in [5.41, 5.74) is 3.48. The van der Waals surface area contributed by atoms with Gasteiger partial charge in [0.25, 0.3) is 0 Å². The number of ether oxygens (including phenoxy) is 2. The second-order valence-corrected chi connectivity index (χ2v) is 6.86. The van der Waals surface area contributed by atoms with Gasteiger partial charge in [-0.15, -0.1) is 0 Å². The second-order valence-electron chi connectivity index (χ2n) is 6.86. The highest BCUT2D eigenvalue weighted by Gasteiger charge is 2.22. The van der Waals surface area contributed by atoms with Gasteiger partial charge in [-0.2, -0.15) is 0 Å². The minimum Gasteiger partial charge on any atom is -0.466 e. The van der Waals surface area contributed by atoms with E-state index < -0.39 is 29.6 Å². The van der Waals surface area contributed by atoms with Gasteiger partial charge in [0.2, 0.25) is 5.91 Å². The molecule has 0 spiro atoms. The number of nitrogens with one attached hydrogen (secondary N) is 1. The van der Waals surface area contributed by atoms with Crippen LogP contribution in [0.3, 0.4) is 0 Å². The Morgan fingerprint density at radius 1 is 1.03 bits per heavy atom. The van der Waals surface area contributed by atoms with E-state index in [4.69, 9.17) is 23.1 Å². The van der Waals surface area contributed by atoms with Gasteiger partial charge in [0.05, 0.1) is 24.7 Å². The number of carbonyl (C=O) groups is 3. The average Bonchev–Trinajstić information content (AvgIpc) is 3.08. The first-order chi connectivity index (χ1) is 15.3. The van der Waals surface area contributed by atoms with Crippen molar-refractivity contribution in [2.24, 2.45) is 5.92 Å². The van der Waals surface area contributed by atoms with Crippen molar-refractivity contribution < 1.29 is 37.5 Å². The predicted molar refractivity (Wildman–Crippen MR) is 110 cm³/mol. The molecular weight excluding hydrogens is 422 g/mol. The van der Waals surface area contributed by atoms with Gasteiger partial charge in [-0.1, -0.05) is 12.1 Å². The number of hydrogen-bond acceptors (Lipinski definition) is 9. The lowest BCUT2D eigenvalue weighted by Crippen LogP contribution is -2.26. The third-order valence-electron chi connectivity index (χ3n) is 4.51. The molecule has 1 N–H and O–H groups in total. The molecule has 0 fully saturated rings. The molecule has 1 unspecified atom stereocenters. The van der Waals surface area contributed by atoms with Crippen molar-refractivity contribution in [1.82, 2.24) is 5.48 Å². The quantitative estimate of drug-likeness (QED) is 0.383. The number of benzene rings is 1. The molecule has 10 heteroatoms. The van der Waals surface area contributed by atoms with E-state index in [1.54, 1.807) is 38.1 Å². The molecule has 0 saturated carbocycles. The molecule has 32 heavy (non-hydrogen) atoms. The van der Waals surface area contributed by atoms with Gasteiger partial charge < -0.3 is 18.3 Å². The van der Waals surface area contributed by atoms with Crippen LogP contribution >= 0.6 is 0 Å². The van der Waals surface area contributed by atoms with E-state index in [9.17, 15) is 19.2 Å². The van der Waals surface area contributed by atoms with Crippen LogP contribution < -0.4 is 11.3 Å². The Morgan fingerprint density at radius 3 is 2.31 bits per heavy atom. The molecule has 174 valence electrons. The van der Waals surface area contributed by atoms with Crippen LogP contribution in [0, 0.1) is 12.8 Å². The molecule has 1 aromatic carbocycles. The van der Waals surface area contributed by atoms with Crippen LogP contribution in [0.1, 0.15) is 54.1 Å². The molecule has 1 amide bonds. The summed E-state index contributed by atoms with van der Waals surface area (Å²) in [7, 11) is 0. The molecule has 1 atom stereocenters. The average molecular weight is 449 g/mol. The lowest BCUT2D eigenvalue weighted by atomic mass is 9.94. The molecule has 0 aliphatic rings. The first kappa shape index (κ1) is 24.9. The van der Waals surface area contributed by atoms with Gasteiger partial charge in [-0.3, -0.25) is 14.4 Å². The van der Waals surface area contributed by atoms with Crippen LogP contribution in [-0.4, -0.2) is 31.1 Å².